The van der Waals surface area contributed by atoms with Crippen molar-refractivity contribution in [2.24, 2.45) is 11.1 Å². The Kier molecular flexibility index (Phi) is 4.40. The van der Waals surface area contributed by atoms with Crippen LogP contribution in [-0.2, 0) is 0 Å². The van der Waals surface area contributed by atoms with Gasteiger partial charge < -0.3 is 11.1 Å². The molecule has 2 rings (SSSR count). The van der Waals surface area contributed by atoms with Crippen molar-refractivity contribution in [1.82, 2.24) is 0 Å². The van der Waals surface area contributed by atoms with Gasteiger partial charge in [-0.2, -0.15) is 0 Å². The summed E-state index contributed by atoms with van der Waals surface area (Å²) in [7, 11) is 0. The van der Waals surface area contributed by atoms with Crippen molar-refractivity contribution in [3.8, 4) is 0 Å². The van der Waals surface area contributed by atoms with Crippen molar-refractivity contribution < 1.29 is 4.39 Å². The summed E-state index contributed by atoms with van der Waals surface area (Å²) in [4.78, 5) is 0.227. The first-order chi connectivity index (χ1) is 9.00. The predicted molar refractivity (Wildman–Crippen MR) is 82.0 cm³/mol. The maximum absolute atomic E-state index is 13.9. The van der Waals surface area contributed by atoms with Gasteiger partial charge in [0.05, 0.1) is 5.69 Å². The molecule has 0 saturated heterocycles. The fourth-order valence-corrected chi connectivity index (χ4v) is 2.83. The lowest BCUT2D eigenvalue weighted by atomic mass is 9.76. The highest BCUT2D eigenvalue weighted by Gasteiger charge is 2.26. The quantitative estimate of drug-likeness (QED) is 0.823. The highest BCUT2D eigenvalue weighted by atomic mass is 32.1. The van der Waals surface area contributed by atoms with Gasteiger partial charge >= 0.3 is 0 Å². The summed E-state index contributed by atoms with van der Waals surface area (Å²) in [6.07, 6.45) is 6.31. The van der Waals surface area contributed by atoms with E-state index in [9.17, 15) is 4.39 Å². The third-order valence-corrected chi connectivity index (χ3v) is 4.26. The third-order valence-electron chi connectivity index (χ3n) is 4.02. The monoisotopic (exact) mass is 280 g/mol. The van der Waals surface area contributed by atoms with Gasteiger partial charge in [-0.25, -0.2) is 4.39 Å². The van der Waals surface area contributed by atoms with Gasteiger partial charge in [-0.3, -0.25) is 0 Å². The molecule has 0 aliphatic heterocycles. The van der Waals surface area contributed by atoms with Crippen LogP contribution in [0.4, 0.5) is 10.1 Å². The molecule has 1 aromatic rings. The minimum Gasteiger partial charge on any atom is -0.389 e. The van der Waals surface area contributed by atoms with Crippen LogP contribution in [0.2, 0.25) is 0 Å². The molecule has 4 heteroatoms. The molecule has 1 saturated carbocycles. The van der Waals surface area contributed by atoms with Gasteiger partial charge in [-0.1, -0.05) is 38.4 Å². The summed E-state index contributed by atoms with van der Waals surface area (Å²) < 4.78 is 13.9. The molecule has 0 atom stereocenters. The number of hydrogen-bond acceptors (Lipinski definition) is 2. The third kappa shape index (κ3) is 3.66. The standard InChI is InChI=1S/C15H21FN2S/c1-15(7-3-2-4-8-15)10-18-13-6-5-11(14(17)19)9-12(13)16/h5-6,9,18H,2-4,7-8,10H2,1H3,(H2,17,19). The van der Waals surface area contributed by atoms with Crippen molar-refractivity contribution in [3.63, 3.8) is 0 Å². The van der Waals surface area contributed by atoms with Crippen LogP contribution in [0, 0.1) is 11.2 Å². The van der Waals surface area contributed by atoms with E-state index < -0.39 is 0 Å². The largest absolute Gasteiger partial charge is 0.389 e. The zero-order chi connectivity index (χ0) is 13.9. The first-order valence-electron chi connectivity index (χ1n) is 6.83. The topological polar surface area (TPSA) is 38.0 Å². The fourth-order valence-electron chi connectivity index (χ4n) is 2.70. The number of benzene rings is 1. The maximum Gasteiger partial charge on any atom is 0.146 e. The number of nitrogens with one attached hydrogen (secondary N) is 1. The molecular weight excluding hydrogens is 259 g/mol. The summed E-state index contributed by atoms with van der Waals surface area (Å²) in [5, 5.41) is 3.23. The van der Waals surface area contributed by atoms with Crippen LogP contribution in [0.1, 0.15) is 44.6 Å². The second-order valence-corrected chi connectivity index (χ2v) is 6.22. The molecule has 0 bridgehead atoms. The zero-order valence-corrected chi connectivity index (χ0v) is 12.2. The van der Waals surface area contributed by atoms with Gasteiger partial charge in [0.1, 0.15) is 10.8 Å². The van der Waals surface area contributed by atoms with Crippen molar-refractivity contribution >= 4 is 22.9 Å². The minimum absolute atomic E-state index is 0.227. The average molecular weight is 280 g/mol. The number of nitrogens with two attached hydrogens (primary N) is 1. The first-order valence-corrected chi connectivity index (χ1v) is 7.24. The van der Waals surface area contributed by atoms with Gasteiger partial charge in [0, 0.05) is 12.1 Å². The van der Waals surface area contributed by atoms with E-state index in [4.69, 9.17) is 18.0 Å². The maximum atomic E-state index is 13.9. The van der Waals surface area contributed by atoms with E-state index in [-0.39, 0.29) is 16.2 Å². The highest BCUT2D eigenvalue weighted by Crippen LogP contribution is 2.36. The molecule has 1 aromatic carbocycles. The van der Waals surface area contributed by atoms with E-state index in [0.717, 1.165) is 6.54 Å². The molecule has 3 N–H and O–H groups in total. The second kappa shape index (κ2) is 5.87. The Morgan fingerprint density at radius 3 is 2.63 bits per heavy atom. The molecule has 1 aliphatic rings. The number of rotatable bonds is 4. The van der Waals surface area contributed by atoms with Crippen LogP contribution in [0.25, 0.3) is 0 Å². The molecule has 1 aliphatic carbocycles. The lowest BCUT2D eigenvalue weighted by Crippen LogP contribution is -2.29. The Morgan fingerprint density at radius 2 is 2.05 bits per heavy atom. The van der Waals surface area contributed by atoms with E-state index in [1.165, 1.54) is 38.2 Å². The normalized spacial score (nSPS) is 18.0. The Balaban J connectivity index is 2.01. The van der Waals surface area contributed by atoms with E-state index in [1.807, 2.05) is 0 Å². The van der Waals surface area contributed by atoms with Crippen molar-refractivity contribution in [2.45, 2.75) is 39.0 Å². The molecule has 1 fully saturated rings. The Hall–Kier alpha value is -1.16. The van der Waals surface area contributed by atoms with Crippen LogP contribution in [0.5, 0.6) is 0 Å². The number of thiocarbonyl (C=S) groups is 1. The van der Waals surface area contributed by atoms with Crippen LogP contribution in [0.3, 0.4) is 0 Å². The van der Waals surface area contributed by atoms with E-state index in [1.54, 1.807) is 12.1 Å². The Labute approximate surface area is 119 Å². The Morgan fingerprint density at radius 1 is 1.37 bits per heavy atom. The number of halogens is 1. The molecule has 0 aromatic heterocycles. The zero-order valence-electron chi connectivity index (χ0n) is 11.3. The summed E-state index contributed by atoms with van der Waals surface area (Å²) in [5.41, 5.74) is 6.88. The Bertz CT molecular complexity index is 467. The number of anilines is 1. The molecular formula is C15H21FN2S. The first kappa shape index (κ1) is 14.3. The molecule has 19 heavy (non-hydrogen) atoms. The van der Waals surface area contributed by atoms with Crippen molar-refractivity contribution in [1.29, 1.82) is 0 Å². The van der Waals surface area contributed by atoms with Gasteiger partial charge in [0.15, 0.2) is 0 Å². The van der Waals surface area contributed by atoms with Crippen LogP contribution >= 0.6 is 12.2 Å². The summed E-state index contributed by atoms with van der Waals surface area (Å²) in [6, 6.07) is 4.88. The number of hydrogen-bond donors (Lipinski definition) is 2. The average Bonchev–Trinajstić information content (AvgIpc) is 2.38. The van der Waals surface area contributed by atoms with E-state index in [0.29, 0.717) is 11.3 Å². The summed E-state index contributed by atoms with van der Waals surface area (Å²) in [5.74, 6) is -0.287. The van der Waals surface area contributed by atoms with Crippen LogP contribution in [-0.4, -0.2) is 11.5 Å². The van der Waals surface area contributed by atoms with Crippen LogP contribution in [0.15, 0.2) is 18.2 Å². The summed E-state index contributed by atoms with van der Waals surface area (Å²) in [6.45, 7) is 3.09. The molecule has 0 radical (unpaired) electrons. The van der Waals surface area contributed by atoms with Gasteiger partial charge in [-0.15, -0.1) is 0 Å². The molecule has 0 amide bonds. The highest BCUT2D eigenvalue weighted by molar-refractivity contribution is 7.80. The SMILES string of the molecule is CC1(CNc2ccc(C(N)=S)cc2F)CCCCC1. The van der Waals surface area contributed by atoms with Crippen molar-refractivity contribution in [2.75, 3.05) is 11.9 Å². The molecule has 0 heterocycles. The van der Waals surface area contributed by atoms with E-state index in [2.05, 4.69) is 12.2 Å². The lowest BCUT2D eigenvalue weighted by molar-refractivity contribution is 0.233. The van der Waals surface area contributed by atoms with E-state index >= 15 is 0 Å². The van der Waals surface area contributed by atoms with Gasteiger partial charge in [-0.05, 0) is 36.5 Å². The predicted octanol–water partition coefficient (Wildman–Crippen LogP) is 3.84. The molecule has 0 unspecified atom stereocenters. The second-order valence-electron chi connectivity index (χ2n) is 5.78. The summed E-state index contributed by atoms with van der Waals surface area (Å²) >= 11 is 4.84. The molecule has 0 spiro atoms. The molecule has 2 nitrogen and oxygen atoms in total. The fraction of sp³-hybridized carbons (Fsp3) is 0.533. The smallest absolute Gasteiger partial charge is 0.146 e. The minimum atomic E-state index is -0.287. The van der Waals surface area contributed by atoms with Crippen molar-refractivity contribution in [3.05, 3.63) is 29.6 Å². The van der Waals surface area contributed by atoms with Crippen LogP contribution < -0.4 is 11.1 Å². The van der Waals surface area contributed by atoms with Gasteiger partial charge in [0.2, 0.25) is 0 Å². The lowest BCUT2D eigenvalue weighted by Gasteiger charge is -2.34. The van der Waals surface area contributed by atoms with Gasteiger partial charge in [0.25, 0.3) is 0 Å². The molecule has 104 valence electrons.